The van der Waals surface area contributed by atoms with E-state index in [1.54, 1.807) is 0 Å². The van der Waals surface area contributed by atoms with Crippen LogP contribution in [0, 0.1) is 6.92 Å². The molecule has 4 heteroatoms. The SMILES string of the molecule is Cc1ccc(C(C)(C)[S+]([O-])N[Si](C)(C)C(C)(C)C)cc1. The smallest absolute Gasteiger partial charge is 0.183 e. The fourth-order valence-electron chi connectivity index (χ4n) is 1.57. The summed E-state index contributed by atoms with van der Waals surface area (Å²) in [6.07, 6.45) is 0. The van der Waals surface area contributed by atoms with Crippen molar-refractivity contribution in [2.75, 3.05) is 0 Å². The van der Waals surface area contributed by atoms with Crippen LogP contribution in [0.15, 0.2) is 24.3 Å². The number of rotatable bonds is 4. The molecule has 0 spiro atoms. The predicted molar refractivity (Wildman–Crippen MR) is 92.7 cm³/mol. The Kier molecular flexibility index (Phi) is 5.18. The molecule has 0 saturated heterocycles. The Morgan fingerprint density at radius 2 is 1.45 bits per heavy atom. The van der Waals surface area contributed by atoms with Crippen molar-refractivity contribution in [2.45, 2.75) is 64.4 Å². The second-order valence-corrected chi connectivity index (χ2v) is 14.7. The molecule has 0 aliphatic carbocycles. The average molecular weight is 312 g/mol. The Morgan fingerprint density at radius 1 is 1.00 bits per heavy atom. The summed E-state index contributed by atoms with van der Waals surface area (Å²) in [5.41, 5.74) is 2.35. The lowest BCUT2D eigenvalue weighted by molar-refractivity contribution is 0.547. The zero-order valence-electron chi connectivity index (χ0n) is 14.1. The Bertz CT molecular complexity index is 449. The molecule has 1 aromatic carbocycles. The van der Waals surface area contributed by atoms with Gasteiger partial charge in [-0.25, -0.2) is 0 Å². The minimum absolute atomic E-state index is 0.173. The molecule has 20 heavy (non-hydrogen) atoms. The fraction of sp³-hybridized carbons (Fsp3) is 0.625. The summed E-state index contributed by atoms with van der Waals surface area (Å²) in [4.78, 5) is 0. The molecule has 114 valence electrons. The maximum absolute atomic E-state index is 12.8. The minimum atomic E-state index is -1.77. The first-order valence-electron chi connectivity index (χ1n) is 7.15. The third kappa shape index (κ3) is 3.88. The molecule has 2 nitrogen and oxygen atoms in total. The van der Waals surface area contributed by atoms with Gasteiger partial charge in [-0.1, -0.05) is 63.7 Å². The summed E-state index contributed by atoms with van der Waals surface area (Å²) in [6, 6.07) is 8.34. The summed E-state index contributed by atoms with van der Waals surface area (Å²) >= 11 is -1.09. The van der Waals surface area contributed by atoms with Gasteiger partial charge in [0.1, 0.15) is 0 Å². The van der Waals surface area contributed by atoms with E-state index in [1.807, 2.05) is 13.8 Å². The first kappa shape index (κ1) is 17.8. The summed E-state index contributed by atoms with van der Waals surface area (Å²) in [5, 5.41) is 0.173. The molecule has 0 aliphatic rings. The van der Waals surface area contributed by atoms with Crippen molar-refractivity contribution >= 4 is 19.6 Å². The molecule has 0 saturated carbocycles. The van der Waals surface area contributed by atoms with Gasteiger partial charge in [0.25, 0.3) is 0 Å². The van der Waals surface area contributed by atoms with E-state index >= 15 is 0 Å². The number of nitrogens with one attached hydrogen (secondary N) is 1. The number of aryl methyl sites for hydroxylation is 1. The lowest BCUT2D eigenvalue weighted by Crippen LogP contribution is -2.58. The van der Waals surface area contributed by atoms with E-state index in [4.69, 9.17) is 0 Å². The third-order valence-corrected chi connectivity index (χ3v) is 12.1. The van der Waals surface area contributed by atoms with Crippen molar-refractivity contribution in [1.82, 2.24) is 4.39 Å². The van der Waals surface area contributed by atoms with Crippen LogP contribution in [0.4, 0.5) is 0 Å². The summed E-state index contributed by atoms with van der Waals surface area (Å²) in [6.45, 7) is 17.3. The lowest BCUT2D eigenvalue weighted by Gasteiger charge is -2.40. The zero-order valence-corrected chi connectivity index (χ0v) is 15.9. The Hall–Kier alpha value is -0.293. The van der Waals surface area contributed by atoms with Gasteiger partial charge in [0, 0.05) is 16.9 Å². The molecular formula is C16H29NOSSi. The van der Waals surface area contributed by atoms with Crippen LogP contribution in [0.2, 0.25) is 18.1 Å². The highest BCUT2D eigenvalue weighted by molar-refractivity contribution is 7.91. The van der Waals surface area contributed by atoms with Crippen molar-refractivity contribution in [3.05, 3.63) is 35.4 Å². The van der Waals surface area contributed by atoms with Crippen molar-refractivity contribution in [3.63, 3.8) is 0 Å². The van der Waals surface area contributed by atoms with Crippen LogP contribution in [-0.4, -0.2) is 12.8 Å². The summed E-state index contributed by atoms with van der Waals surface area (Å²) in [5.74, 6) is 0. The van der Waals surface area contributed by atoms with Crippen molar-refractivity contribution in [1.29, 1.82) is 0 Å². The van der Waals surface area contributed by atoms with Gasteiger partial charge in [0.05, 0.1) is 0 Å². The molecule has 0 radical (unpaired) electrons. The Morgan fingerprint density at radius 3 is 1.85 bits per heavy atom. The topological polar surface area (TPSA) is 35.1 Å². The van der Waals surface area contributed by atoms with Crippen LogP contribution in [0.1, 0.15) is 45.7 Å². The second-order valence-electron chi connectivity index (χ2n) is 7.62. The van der Waals surface area contributed by atoms with Crippen LogP contribution in [-0.2, 0) is 16.1 Å². The highest BCUT2D eigenvalue weighted by Crippen LogP contribution is 2.37. The standard InChI is InChI=1S/C16H29NOSSi/c1-13-9-11-14(12-10-13)16(5,6)19(18)17-20(7,8)15(2,3)4/h9-12,17H,1-8H3. The van der Waals surface area contributed by atoms with E-state index in [0.29, 0.717) is 0 Å². The van der Waals surface area contributed by atoms with Gasteiger partial charge in [0.2, 0.25) is 0 Å². The molecule has 1 rings (SSSR count). The molecule has 1 aromatic rings. The van der Waals surface area contributed by atoms with E-state index in [9.17, 15) is 4.55 Å². The van der Waals surface area contributed by atoms with E-state index in [-0.39, 0.29) is 9.79 Å². The minimum Gasteiger partial charge on any atom is -0.598 e. The molecule has 0 aliphatic heterocycles. The average Bonchev–Trinajstić information content (AvgIpc) is 2.27. The van der Waals surface area contributed by atoms with Crippen LogP contribution >= 0.6 is 0 Å². The van der Waals surface area contributed by atoms with Gasteiger partial charge in [-0.2, -0.15) is 4.39 Å². The number of hydrogen-bond donors (Lipinski definition) is 1. The van der Waals surface area contributed by atoms with Crippen molar-refractivity contribution in [3.8, 4) is 0 Å². The van der Waals surface area contributed by atoms with E-state index in [1.165, 1.54) is 5.56 Å². The molecule has 0 fully saturated rings. The first-order chi connectivity index (χ1) is 8.88. The summed E-state index contributed by atoms with van der Waals surface area (Å²) < 4.78 is 15.9. The van der Waals surface area contributed by atoms with Crippen molar-refractivity contribution in [2.24, 2.45) is 0 Å². The molecule has 0 bridgehead atoms. The number of benzene rings is 1. The van der Waals surface area contributed by atoms with Crippen molar-refractivity contribution < 1.29 is 4.55 Å². The molecule has 0 amide bonds. The van der Waals surface area contributed by atoms with Gasteiger partial charge in [0.15, 0.2) is 13.0 Å². The van der Waals surface area contributed by atoms with Gasteiger partial charge in [-0.15, -0.1) is 0 Å². The molecule has 1 unspecified atom stereocenters. The van der Waals surface area contributed by atoms with Gasteiger partial charge < -0.3 is 4.55 Å². The van der Waals surface area contributed by atoms with E-state index < -0.39 is 19.6 Å². The monoisotopic (exact) mass is 311 g/mol. The highest BCUT2D eigenvalue weighted by Gasteiger charge is 2.44. The Balaban J connectivity index is 2.95. The van der Waals surface area contributed by atoms with Gasteiger partial charge >= 0.3 is 0 Å². The van der Waals surface area contributed by atoms with Crippen LogP contribution < -0.4 is 4.39 Å². The molecular weight excluding hydrogens is 282 g/mol. The summed E-state index contributed by atoms with van der Waals surface area (Å²) in [7, 11) is -1.77. The van der Waals surface area contributed by atoms with Crippen LogP contribution in [0.25, 0.3) is 0 Å². The maximum Gasteiger partial charge on any atom is 0.183 e. The molecule has 1 N–H and O–H groups in total. The second kappa shape index (κ2) is 5.83. The fourth-order valence-corrected chi connectivity index (χ4v) is 6.02. The number of hydrogen-bond acceptors (Lipinski definition) is 2. The molecule has 0 heterocycles. The first-order valence-corrected chi connectivity index (χ1v) is 11.3. The zero-order chi connectivity index (χ0) is 15.8. The van der Waals surface area contributed by atoms with Gasteiger partial charge in [-0.05, 0) is 25.8 Å². The van der Waals surface area contributed by atoms with Gasteiger partial charge in [-0.3, -0.25) is 0 Å². The quantitative estimate of drug-likeness (QED) is 0.657. The molecule has 1 atom stereocenters. The normalized spacial score (nSPS) is 15.2. The maximum atomic E-state index is 12.8. The Labute approximate surface area is 128 Å². The van der Waals surface area contributed by atoms with Crippen LogP contribution in [0.3, 0.4) is 0 Å². The largest absolute Gasteiger partial charge is 0.598 e. The highest BCUT2D eigenvalue weighted by atomic mass is 32.2. The van der Waals surface area contributed by atoms with E-state index in [2.05, 4.69) is 69.4 Å². The lowest BCUT2D eigenvalue weighted by atomic mass is 10.0. The molecule has 0 aromatic heterocycles. The third-order valence-electron chi connectivity index (χ3n) is 4.43. The van der Waals surface area contributed by atoms with E-state index in [0.717, 1.165) is 5.56 Å². The van der Waals surface area contributed by atoms with Crippen LogP contribution in [0.5, 0.6) is 0 Å². The predicted octanol–water partition coefficient (Wildman–Crippen LogP) is 4.49.